The molecule has 2 rings (SSSR count). The molecular weight excluding hydrogens is 305 g/mol. The van der Waals surface area contributed by atoms with Crippen LogP contribution in [0.15, 0.2) is 24.3 Å². The van der Waals surface area contributed by atoms with Gasteiger partial charge in [0.15, 0.2) is 0 Å². The first-order valence-corrected chi connectivity index (χ1v) is 7.02. The summed E-state index contributed by atoms with van der Waals surface area (Å²) in [5.74, 6) is -4.07. The van der Waals surface area contributed by atoms with Crippen molar-refractivity contribution in [1.82, 2.24) is 5.32 Å². The molecule has 1 aromatic rings. The van der Waals surface area contributed by atoms with E-state index >= 15 is 0 Å². The van der Waals surface area contributed by atoms with E-state index in [4.69, 9.17) is 10.2 Å². The maximum Gasteiger partial charge on any atom is 0.326 e. The summed E-state index contributed by atoms with van der Waals surface area (Å²) in [5, 5.41) is 22.5. The number of nitrogens with one attached hydrogen (secondary N) is 2. The lowest BCUT2D eigenvalue weighted by Gasteiger charge is -2.15. The molecular formula is C15H16N2O6. The second-order valence-electron chi connectivity index (χ2n) is 5.22. The van der Waals surface area contributed by atoms with Gasteiger partial charge < -0.3 is 20.8 Å². The minimum absolute atomic E-state index is 0.195. The molecule has 0 aromatic heterocycles. The molecule has 0 radical (unpaired) electrons. The van der Waals surface area contributed by atoms with Crippen LogP contribution in [0.5, 0.6) is 0 Å². The molecule has 122 valence electrons. The lowest BCUT2D eigenvalue weighted by molar-refractivity contribution is -0.143. The molecule has 0 fully saturated rings. The second kappa shape index (κ2) is 6.91. The Morgan fingerprint density at radius 1 is 1.22 bits per heavy atom. The van der Waals surface area contributed by atoms with Gasteiger partial charge >= 0.3 is 11.9 Å². The van der Waals surface area contributed by atoms with Crippen molar-refractivity contribution in [2.45, 2.75) is 31.2 Å². The van der Waals surface area contributed by atoms with Gasteiger partial charge in [0.2, 0.25) is 11.8 Å². The van der Waals surface area contributed by atoms with Crippen LogP contribution >= 0.6 is 0 Å². The average molecular weight is 321 g/mol. The van der Waals surface area contributed by atoms with Crippen LogP contribution in [-0.2, 0) is 19.2 Å². The number of carbonyl (C=O) groups is 4. The zero-order chi connectivity index (χ0) is 17.0. The predicted molar refractivity (Wildman–Crippen MR) is 78.9 cm³/mol. The molecule has 1 unspecified atom stereocenters. The van der Waals surface area contributed by atoms with E-state index in [-0.39, 0.29) is 25.2 Å². The topological polar surface area (TPSA) is 133 Å². The van der Waals surface area contributed by atoms with Crippen molar-refractivity contribution in [3.8, 4) is 0 Å². The van der Waals surface area contributed by atoms with E-state index in [1.807, 2.05) is 0 Å². The molecule has 4 N–H and O–H groups in total. The Bertz CT molecular complexity index is 657. The highest BCUT2D eigenvalue weighted by atomic mass is 16.4. The third-order valence-electron chi connectivity index (χ3n) is 3.58. The molecule has 0 saturated carbocycles. The number of aliphatic carboxylic acids is 2. The minimum Gasteiger partial charge on any atom is -0.481 e. The zero-order valence-corrected chi connectivity index (χ0v) is 12.1. The molecule has 8 heteroatoms. The van der Waals surface area contributed by atoms with Gasteiger partial charge in [0, 0.05) is 18.5 Å². The van der Waals surface area contributed by atoms with Gasteiger partial charge in [-0.1, -0.05) is 18.2 Å². The summed E-state index contributed by atoms with van der Waals surface area (Å²) < 4.78 is 0. The molecule has 0 aliphatic carbocycles. The fraction of sp³-hybridized carbons (Fsp3) is 0.333. The van der Waals surface area contributed by atoms with Crippen molar-refractivity contribution >= 4 is 29.4 Å². The predicted octanol–water partition coefficient (Wildman–Crippen LogP) is 0.547. The zero-order valence-electron chi connectivity index (χ0n) is 12.1. The first-order valence-electron chi connectivity index (χ1n) is 7.02. The Kier molecular flexibility index (Phi) is 4.95. The van der Waals surface area contributed by atoms with Gasteiger partial charge in [0.25, 0.3) is 0 Å². The summed E-state index contributed by atoms with van der Waals surface area (Å²) in [6, 6.07) is 5.66. The molecule has 8 nitrogen and oxygen atoms in total. The number of hydrogen-bond donors (Lipinski definition) is 4. The normalized spacial score (nSPS) is 17.0. The number of hydrogen-bond acceptors (Lipinski definition) is 4. The minimum atomic E-state index is -1.31. The summed E-state index contributed by atoms with van der Waals surface area (Å²) in [7, 11) is 0. The molecule has 1 aliphatic rings. The number of benzene rings is 1. The van der Waals surface area contributed by atoms with Crippen molar-refractivity contribution in [1.29, 1.82) is 0 Å². The summed E-state index contributed by atoms with van der Waals surface area (Å²) >= 11 is 0. The monoisotopic (exact) mass is 321 g/mol. The lowest BCUT2D eigenvalue weighted by atomic mass is 9.97. The Morgan fingerprint density at radius 3 is 2.57 bits per heavy atom. The Hall–Kier alpha value is -2.90. The van der Waals surface area contributed by atoms with Gasteiger partial charge in [0.1, 0.15) is 6.04 Å². The highest BCUT2D eigenvalue weighted by Crippen LogP contribution is 2.34. The molecule has 2 atom stereocenters. The molecule has 1 heterocycles. The lowest BCUT2D eigenvalue weighted by Crippen LogP contribution is -2.41. The molecule has 0 spiro atoms. The number of carboxylic acids is 2. The average Bonchev–Trinajstić information content (AvgIpc) is 2.79. The quantitative estimate of drug-likeness (QED) is 0.542. The Balaban J connectivity index is 1.99. The van der Waals surface area contributed by atoms with Gasteiger partial charge in [-0.05, 0) is 18.1 Å². The van der Waals surface area contributed by atoms with Crippen molar-refractivity contribution in [3.05, 3.63) is 29.8 Å². The fourth-order valence-corrected chi connectivity index (χ4v) is 2.44. The van der Waals surface area contributed by atoms with E-state index in [1.165, 1.54) is 0 Å². The van der Waals surface area contributed by atoms with E-state index < -0.39 is 29.8 Å². The molecule has 0 bridgehead atoms. The first-order chi connectivity index (χ1) is 10.9. The SMILES string of the molecule is O=C(O)CC[C@H]([15NH]C(=O)CC1C(=O)Nc2ccccc21)C(=O)O. The maximum atomic E-state index is 12.0. The smallest absolute Gasteiger partial charge is 0.326 e. The molecule has 1 aromatic carbocycles. The molecule has 23 heavy (non-hydrogen) atoms. The van der Waals surface area contributed by atoms with Crippen molar-refractivity contribution in [3.63, 3.8) is 0 Å². The van der Waals surface area contributed by atoms with Crippen LogP contribution in [0.1, 0.15) is 30.7 Å². The van der Waals surface area contributed by atoms with Crippen molar-refractivity contribution < 1.29 is 29.4 Å². The van der Waals surface area contributed by atoms with Crippen LogP contribution in [-0.4, -0.2) is 40.0 Å². The maximum absolute atomic E-state index is 12.0. The fourth-order valence-electron chi connectivity index (χ4n) is 2.44. The van der Waals surface area contributed by atoms with Gasteiger partial charge in [-0.15, -0.1) is 0 Å². The molecule has 1 aliphatic heterocycles. The highest BCUT2D eigenvalue weighted by molar-refractivity contribution is 6.05. The molecule has 2 amide bonds. The van der Waals surface area contributed by atoms with Crippen molar-refractivity contribution in [2.24, 2.45) is 0 Å². The van der Waals surface area contributed by atoms with Gasteiger partial charge in [-0.25, -0.2) is 4.79 Å². The van der Waals surface area contributed by atoms with Crippen LogP contribution in [0.2, 0.25) is 0 Å². The number of para-hydroxylation sites is 1. The van der Waals surface area contributed by atoms with Gasteiger partial charge in [-0.2, -0.15) is 0 Å². The van der Waals surface area contributed by atoms with Crippen LogP contribution in [0.25, 0.3) is 0 Å². The number of carboxylic acid groups (broad SMARTS) is 2. The number of anilines is 1. The van der Waals surface area contributed by atoms with Crippen LogP contribution in [0.4, 0.5) is 5.69 Å². The highest BCUT2D eigenvalue weighted by Gasteiger charge is 2.33. The summed E-state index contributed by atoms with van der Waals surface area (Å²) in [5.41, 5.74) is 1.32. The van der Waals surface area contributed by atoms with Crippen LogP contribution < -0.4 is 10.6 Å². The molecule has 0 saturated heterocycles. The summed E-state index contributed by atoms with van der Waals surface area (Å²) in [6.07, 6.45) is -0.784. The van der Waals surface area contributed by atoms with Crippen LogP contribution in [0, 0.1) is 0 Å². The van der Waals surface area contributed by atoms with E-state index in [0.717, 1.165) is 0 Å². The Labute approximate surface area is 131 Å². The first kappa shape index (κ1) is 16.5. The van der Waals surface area contributed by atoms with E-state index in [1.54, 1.807) is 24.3 Å². The van der Waals surface area contributed by atoms with Crippen LogP contribution in [0.3, 0.4) is 0 Å². The van der Waals surface area contributed by atoms with E-state index in [2.05, 4.69) is 10.6 Å². The summed E-state index contributed by atoms with van der Waals surface area (Å²) in [4.78, 5) is 45.5. The number of rotatable bonds is 7. The van der Waals surface area contributed by atoms with Crippen molar-refractivity contribution in [2.75, 3.05) is 5.32 Å². The van der Waals surface area contributed by atoms with Gasteiger partial charge in [0.05, 0.1) is 5.92 Å². The third-order valence-corrected chi connectivity index (χ3v) is 3.58. The van der Waals surface area contributed by atoms with Gasteiger partial charge in [-0.3, -0.25) is 14.4 Å². The van der Waals surface area contributed by atoms with E-state index in [0.29, 0.717) is 11.3 Å². The number of carbonyl (C=O) groups excluding carboxylic acids is 2. The largest absolute Gasteiger partial charge is 0.481 e. The number of fused-ring (bicyclic) bond motifs is 1. The second-order valence-corrected chi connectivity index (χ2v) is 5.22. The Morgan fingerprint density at radius 2 is 1.91 bits per heavy atom. The summed E-state index contributed by atoms with van der Waals surface area (Å²) in [6.45, 7) is 0. The number of amides is 2. The third kappa shape index (κ3) is 4.06. The standard InChI is InChI=1S/C15H16N2O6/c18-12(16-11(15(22)23)5-6-13(19)20)7-9-8-3-1-2-4-10(8)17-14(9)21/h1-4,9,11H,5-7H2,(H,16,18)(H,17,21)(H,19,20)(H,22,23)/t9?,11-/m0/s1/i16+1. The van der Waals surface area contributed by atoms with E-state index in [9.17, 15) is 19.2 Å².